The van der Waals surface area contributed by atoms with Crippen LogP contribution in [0.5, 0.6) is 0 Å². The van der Waals surface area contributed by atoms with Crippen molar-refractivity contribution >= 4 is 100 Å². The second-order valence-electron chi connectivity index (χ2n) is 11.1. The van der Waals surface area contributed by atoms with E-state index in [0.717, 1.165) is 55.4 Å². The summed E-state index contributed by atoms with van der Waals surface area (Å²) in [6, 6.07) is 39.2. The molecule has 0 saturated heterocycles. The maximum atomic E-state index is 5.23. The Kier molecular flexibility index (Phi) is 5.28. The van der Waals surface area contributed by atoms with Crippen molar-refractivity contribution in [2.45, 2.75) is 0 Å². The topological polar surface area (TPSA) is 51.6 Å². The molecule has 4 heterocycles. The van der Waals surface area contributed by atoms with E-state index in [2.05, 4.69) is 109 Å². The standard InChI is InChI=1S/C38H20N4Se2/c1-2-8-24-23(7-1)29-19-39-37(21-13-15-27-25-9-3-5-11-31(25)43-33(27)17-21)41-35(29)36-30(24)20-40-38(42-36)22-14-16-28-26-10-4-6-12-32(26)44-34(28)18-22/h1-20H. The summed E-state index contributed by atoms with van der Waals surface area (Å²) in [6.45, 7) is 0. The molecule has 4 aromatic heterocycles. The summed E-state index contributed by atoms with van der Waals surface area (Å²) < 4.78 is 5.64. The van der Waals surface area contributed by atoms with Crippen molar-refractivity contribution in [2.75, 3.05) is 0 Å². The maximum absolute atomic E-state index is 5.23. The number of rotatable bonds is 2. The van der Waals surface area contributed by atoms with Gasteiger partial charge in [-0.3, -0.25) is 0 Å². The van der Waals surface area contributed by atoms with E-state index in [9.17, 15) is 0 Å². The van der Waals surface area contributed by atoms with Gasteiger partial charge in [-0.05, 0) is 0 Å². The fraction of sp³-hybridized carbons (Fsp3) is 0. The number of hydrogen-bond donors (Lipinski definition) is 0. The minimum absolute atomic E-state index is 0.280. The number of hydrogen-bond acceptors (Lipinski definition) is 4. The molecule has 0 amide bonds. The van der Waals surface area contributed by atoms with E-state index < -0.39 is 0 Å². The predicted octanol–water partition coefficient (Wildman–Crippen LogP) is 8.79. The Bertz CT molecular complexity index is 2600. The van der Waals surface area contributed by atoms with Gasteiger partial charge in [-0.1, -0.05) is 0 Å². The molecule has 0 atom stereocenters. The van der Waals surface area contributed by atoms with Crippen LogP contribution in [0, 0.1) is 0 Å². The van der Waals surface area contributed by atoms with Gasteiger partial charge in [-0.15, -0.1) is 0 Å². The Morgan fingerprint density at radius 2 is 0.773 bits per heavy atom. The minimum atomic E-state index is 0.280. The molecule has 10 rings (SSSR count). The SMILES string of the molecule is c1ccc2c(c1)[se]c1cc(-c3ncc4c5ccccc5c5cnc(-c6ccc7c(c6)[se]c6ccccc67)nc5c4n3)ccc12. The summed E-state index contributed by atoms with van der Waals surface area (Å²) in [5.74, 6) is 1.45. The van der Waals surface area contributed by atoms with Crippen LogP contribution in [0.2, 0.25) is 0 Å². The summed E-state index contributed by atoms with van der Waals surface area (Å²) in [5, 5.41) is 9.61. The summed E-state index contributed by atoms with van der Waals surface area (Å²) in [4.78, 5) is 20.3. The van der Waals surface area contributed by atoms with Gasteiger partial charge < -0.3 is 0 Å². The third kappa shape index (κ3) is 3.63. The first-order valence-corrected chi connectivity index (χ1v) is 17.9. The number of nitrogens with zero attached hydrogens (tertiary/aromatic N) is 4. The first-order chi connectivity index (χ1) is 21.8. The summed E-state index contributed by atoms with van der Waals surface area (Å²) in [7, 11) is 0. The third-order valence-electron chi connectivity index (χ3n) is 8.58. The van der Waals surface area contributed by atoms with E-state index in [1.54, 1.807) is 0 Å². The van der Waals surface area contributed by atoms with Gasteiger partial charge in [0.15, 0.2) is 0 Å². The van der Waals surface area contributed by atoms with Gasteiger partial charge >= 0.3 is 264 Å². The molecule has 0 bridgehead atoms. The van der Waals surface area contributed by atoms with Crippen molar-refractivity contribution in [3.05, 3.63) is 122 Å². The van der Waals surface area contributed by atoms with Gasteiger partial charge in [0, 0.05) is 0 Å². The molecule has 10 aromatic rings. The van der Waals surface area contributed by atoms with Crippen molar-refractivity contribution in [2.24, 2.45) is 0 Å². The molecular weight excluding hydrogens is 670 g/mol. The van der Waals surface area contributed by atoms with Crippen molar-refractivity contribution in [1.29, 1.82) is 0 Å². The van der Waals surface area contributed by atoms with Crippen LogP contribution in [0.25, 0.3) is 93.9 Å². The first-order valence-electron chi connectivity index (χ1n) is 14.5. The van der Waals surface area contributed by atoms with Crippen molar-refractivity contribution in [3.8, 4) is 22.8 Å². The zero-order chi connectivity index (χ0) is 28.8. The summed E-state index contributed by atoms with van der Waals surface area (Å²) >= 11 is 0.560. The van der Waals surface area contributed by atoms with Gasteiger partial charge in [0.2, 0.25) is 0 Å². The van der Waals surface area contributed by atoms with Crippen LogP contribution < -0.4 is 0 Å². The Hall–Kier alpha value is -4.70. The van der Waals surface area contributed by atoms with E-state index in [4.69, 9.17) is 19.9 Å². The fourth-order valence-corrected chi connectivity index (χ4v) is 11.3. The van der Waals surface area contributed by atoms with E-state index in [1.807, 2.05) is 12.4 Å². The van der Waals surface area contributed by atoms with E-state index in [0.29, 0.717) is 0 Å². The molecule has 6 aromatic carbocycles. The molecule has 6 heteroatoms. The fourth-order valence-electron chi connectivity index (χ4n) is 6.48. The molecule has 0 aliphatic rings. The summed E-state index contributed by atoms with van der Waals surface area (Å²) in [5.41, 5.74) is 3.80. The van der Waals surface area contributed by atoms with Crippen LogP contribution >= 0.6 is 0 Å². The molecule has 0 fully saturated rings. The molecule has 204 valence electrons. The van der Waals surface area contributed by atoms with Gasteiger partial charge in [-0.2, -0.15) is 0 Å². The van der Waals surface area contributed by atoms with Crippen molar-refractivity contribution in [3.63, 3.8) is 0 Å². The third-order valence-corrected chi connectivity index (χ3v) is 13.3. The Morgan fingerprint density at radius 1 is 0.364 bits per heavy atom. The molecule has 0 unspecified atom stereocenters. The molecule has 0 N–H and O–H groups in total. The zero-order valence-electron chi connectivity index (χ0n) is 23.2. The van der Waals surface area contributed by atoms with E-state index in [1.165, 1.54) is 38.6 Å². The van der Waals surface area contributed by atoms with Gasteiger partial charge in [0.1, 0.15) is 0 Å². The molecule has 0 radical (unpaired) electrons. The van der Waals surface area contributed by atoms with Crippen LogP contribution in [0.15, 0.2) is 122 Å². The second-order valence-corrected chi connectivity index (χ2v) is 15.6. The average molecular weight is 691 g/mol. The molecule has 0 saturated carbocycles. The van der Waals surface area contributed by atoms with Crippen LogP contribution in [-0.4, -0.2) is 48.9 Å². The number of benzene rings is 6. The number of aromatic nitrogens is 4. The average Bonchev–Trinajstić information content (AvgIpc) is 3.65. The zero-order valence-corrected chi connectivity index (χ0v) is 26.6. The molecule has 0 aliphatic carbocycles. The quantitative estimate of drug-likeness (QED) is 0.135. The molecule has 0 spiro atoms. The van der Waals surface area contributed by atoms with Crippen LogP contribution in [0.3, 0.4) is 0 Å². The van der Waals surface area contributed by atoms with Crippen LogP contribution in [0.1, 0.15) is 0 Å². The Balaban J connectivity index is 1.20. The summed E-state index contributed by atoms with van der Waals surface area (Å²) in [6.07, 6.45) is 3.95. The van der Waals surface area contributed by atoms with Gasteiger partial charge in [0.05, 0.1) is 0 Å². The molecular formula is C38H20N4Se2. The second kappa shape index (κ2) is 9.40. The first kappa shape index (κ1) is 24.7. The predicted molar refractivity (Wildman–Crippen MR) is 185 cm³/mol. The molecule has 44 heavy (non-hydrogen) atoms. The van der Waals surface area contributed by atoms with Crippen LogP contribution in [0.4, 0.5) is 0 Å². The van der Waals surface area contributed by atoms with E-state index >= 15 is 0 Å². The molecule has 4 nitrogen and oxygen atoms in total. The van der Waals surface area contributed by atoms with Gasteiger partial charge in [-0.25, -0.2) is 0 Å². The van der Waals surface area contributed by atoms with Crippen molar-refractivity contribution in [1.82, 2.24) is 19.9 Å². The van der Waals surface area contributed by atoms with E-state index in [-0.39, 0.29) is 29.0 Å². The number of fused-ring (bicyclic) bond motifs is 12. The van der Waals surface area contributed by atoms with Crippen LogP contribution in [-0.2, 0) is 0 Å². The Morgan fingerprint density at radius 3 is 1.25 bits per heavy atom. The van der Waals surface area contributed by atoms with Gasteiger partial charge in [0.25, 0.3) is 0 Å². The normalized spacial score (nSPS) is 12.1. The Labute approximate surface area is 263 Å². The van der Waals surface area contributed by atoms with Crippen molar-refractivity contribution < 1.29 is 0 Å². The molecule has 0 aliphatic heterocycles. The monoisotopic (exact) mass is 692 g/mol.